The van der Waals surface area contributed by atoms with Crippen LogP contribution in [0.5, 0.6) is 0 Å². The Morgan fingerprint density at radius 3 is 2.47 bits per heavy atom. The van der Waals surface area contributed by atoms with Crippen molar-refractivity contribution in [2.45, 2.75) is 31.7 Å². The molecule has 0 spiro atoms. The van der Waals surface area contributed by atoms with Crippen molar-refractivity contribution in [1.29, 1.82) is 0 Å². The van der Waals surface area contributed by atoms with Crippen LogP contribution < -0.4 is 5.73 Å². The third-order valence-electron chi connectivity index (χ3n) is 3.94. The first kappa shape index (κ1) is 14.5. The van der Waals surface area contributed by atoms with Gasteiger partial charge in [0.2, 0.25) is 0 Å². The van der Waals surface area contributed by atoms with E-state index in [-0.39, 0.29) is 18.2 Å². The van der Waals surface area contributed by atoms with E-state index in [1.54, 1.807) is 14.2 Å². The maximum Gasteiger partial charge on any atom is 0.0972 e. The fourth-order valence-corrected chi connectivity index (χ4v) is 2.81. The summed E-state index contributed by atoms with van der Waals surface area (Å²) in [6.07, 6.45) is 3.98. The van der Waals surface area contributed by atoms with E-state index < -0.39 is 0 Å². The zero-order valence-electron chi connectivity index (χ0n) is 12.0. The standard InChI is InChI=1S/C13H24N4O2/c1-4-16-9-15-6-11(16)10(5-14)17-7-12(18-2)13(8-17)19-3/h6,9-10,12-13H,4-5,7-8,14H2,1-3H3. The minimum absolute atomic E-state index is 0.108. The summed E-state index contributed by atoms with van der Waals surface area (Å²) in [5, 5.41) is 0. The van der Waals surface area contributed by atoms with Crippen LogP contribution >= 0.6 is 0 Å². The highest BCUT2D eigenvalue weighted by molar-refractivity contribution is 5.08. The number of likely N-dealkylation sites (tertiary alicyclic amines) is 1. The van der Waals surface area contributed by atoms with E-state index in [1.807, 2.05) is 12.5 Å². The number of methoxy groups -OCH3 is 2. The number of aromatic nitrogens is 2. The normalized spacial score (nSPS) is 25.9. The zero-order valence-corrected chi connectivity index (χ0v) is 12.0. The van der Waals surface area contributed by atoms with Crippen molar-refractivity contribution in [2.75, 3.05) is 33.9 Å². The maximum atomic E-state index is 5.98. The second-order valence-corrected chi connectivity index (χ2v) is 4.86. The number of hydrogen-bond acceptors (Lipinski definition) is 5. The van der Waals surface area contributed by atoms with Crippen LogP contribution in [0.15, 0.2) is 12.5 Å². The van der Waals surface area contributed by atoms with Gasteiger partial charge in [-0.1, -0.05) is 0 Å². The number of rotatable bonds is 6. The van der Waals surface area contributed by atoms with Gasteiger partial charge in [0, 0.05) is 46.6 Å². The summed E-state index contributed by atoms with van der Waals surface area (Å²) in [7, 11) is 3.46. The molecular weight excluding hydrogens is 244 g/mol. The second-order valence-electron chi connectivity index (χ2n) is 4.86. The van der Waals surface area contributed by atoms with Crippen LogP contribution in [0.25, 0.3) is 0 Å². The monoisotopic (exact) mass is 268 g/mol. The van der Waals surface area contributed by atoms with Gasteiger partial charge in [0.1, 0.15) is 0 Å². The van der Waals surface area contributed by atoms with Gasteiger partial charge in [-0.3, -0.25) is 4.90 Å². The molecule has 1 aliphatic heterocycles. The Labute approximate surface area is 114 Å². The molecule has 2 N–H and O–H groups in total. The molecule has 2 rings (SSSR count). The molecular formula is C13H24N4O2. The summed E-state index contributed by atoms with van der Waals surface area (Å²) < 4.78 is 13.1. The predicted octanol–water partition coefficient (Wildman–Crippen LogP) is 0.248. The molecule has 6 nitrogen and oxygen atoms in total. The van der Waals surface area contributed by atoms with Crippen LogP contribution in [0.1, 0.15) is 18.7 Å². The van der Waals surface area contributed by atoms with Crippen molar-refractivity contribution >= 4 is 0 Å². The summed E-state index contributed by atoms with van der Waals surface area (Å²) in [5.41, 5.74) is 7.14. The lowest BCUT2D eigenvalue weighted by Gasteiger charge is -2.27. The molecule has 0 bridgehead atoms. The smallest absolute Gasteiger partial charge is 0.0972 e. The van der Waals surface area contributed by atoms with Crippen molar-refractivity contribution in [3.63, 3.8) is 0 Å². The molecule has 0 aliphatic carbocycles. The minimum atomic E-state index is 0.108. The molecule has 0 aromatic carbocycles. The van der Waals surface area contributed by atoms with Gasteiger partial charge >= 0.3 is 0 Å². The molecule has 108 valence electrons. The topological polar surface area (TPSA) is 65.5 Å². The van der Waals surface area contributed by atoms with Gasteiger partial charge in [0.05, 0.1) is 30.3 Å². The SMILES string of the molecule is CCn1cncc1C(CN)N1CC(OC)C(OC)C1. The van der Waals surface area contributed by atoms with Gasteiger partial charge in [-0.15, -0.1) is 0 Å². The number of ether oxygens (including phenoxy) is 2. The Balaban J connectivity index is 2.15. The van der Waals surface area contributed by atoms with Crippen molar-refractivity contribution in [3.8, 4) is 0 Å². The first-order valence-corrected chi connectivity index (χ1v) is 6.74. The van der Waals surface area contributed by atoms with E-state index in [2.05, 4.69) is 21.4 Å². The van der Waals surface area contributed by atoms with E-state index >= 15 is 0 Å². The Morgan fingerprint density at radius 2 is 2.00 bits per heavy atom. The molecule has 1 aromatic rings. The molecule has 1 saturated heterocycles. The number of nitrogens with two attached hydrogens (primary N) is 1. The Bertz CT molecular complexity index is 384. The van der Waals surface area contributed by atoms with Gasteiger partial charge in [0.25, 0.3) is 0 Å². The van der Waals surface area contributed by atoms with E-state index in [0.717, 1.165) is 25.3 Å². The molecule has 0 amide bonds. The van der Waals surface area contributed by atoms with E-state index in [0.29, 0.717) is 6.54 Å². The summed E-state index contributed by atoms with van der Waals surface area (Å²) in [5.74, 6) is 0. The predicted molar refractivity (Wildman–Crippen MR) is 72.9 cm³/mol. The van der Waals surface area contributed by atoms with Gasteiger partial charge in [0.15, 0.2) is 0 Å². The molecule has 3 unspecified atom stereocenters. The van der Waals surface area contributed by atoms with Crippen LogP contribution in [0, 0.1) is 0 Å². The van der Waals surface area contributed by atoms with Crippen LogP contribution in [0.2, 0.25) is 0 Å². The van der Waals surface area contributed by atoms with Gasteiger partial charge < -0.3 is 19.8 Å². The zero-order chi connectivity index (χ0) is 13.8. The van der Waals surface area contributed by atoms with Crippen molar-refractivity contribution in [3.05, 3.63) is 18.2 Å². The van der Waals surface area contributed by atoms with Crippen molar-refractivity contribution < 1.29 is 9.47 Å². The third kappa shape index (κ3) is 2.81. The lowest BCUT2D eigenvalue weighted by molar-refractivity contribution is -0.00461. The molecule has 6 heteroatoms. The summed E-state index contributed by atoms with van der Waals surface area (Å²) >= 11 is 0. The highest BCUT2D eigenvalue weighted by Crippen LogP contribution is 2.26. The van der Waals surface area contributed by atoms with Gasteiger partial charge in [-0.2, -0.15) is 0 Å². The lowest BCUT2D eigenvalue weighted by Crippen LogP contribution is -2.34. The van der Waals surface area contributed by atoms with Crippen LogP contribution in [-0.2, 0) is 16.0 Å². The van der Waals surface area contributed by atoms with Gasteiger partial charge in [-0.05, 0) is 6.92 Å². The molecule has 0 saturated carbocycles. The number of nitrogens with zero attached hydrogens (tertiary/aromatic N) is 3. The molecule has 2 heterocycles. The average Bonchev–Trinajstić information content (AvgIpc) is 3.06. The highest BCUT2D eigenvalue weighted by atomic mass is 16.5. The van der Waals surface area contributed by atoms with E-state index in [9.17, 15) is 0 Å². The highest BCUT2D eigenvalue weighted by Gasteiger charge is 2.37. The number of aryl methyl sites for hydroxylation is 1. The molecule has 19 heavy (non-hydrogen) atoms. The van der Waals surface area contributed by atoms with E-state index in [1.165, 1.54) is 0 Å². The second kappa shape index (κ2) is 6.47. The van der Waals surface area contributed by atoms with Crippen molar-refractivity contribution in [2.24, 2.45) is 5.73 Å². The average molecular weight is 268 g/mol. The summed E-state index contributed by atoms with van der Waals surface area (Å²) in [4.78, 5) is 6.55. The minimum Gasteiger partial charge on any atom is -0.377 e. The largest absolute Gasteiger partial charge is 0.377 e. The number of hydrogen-bond donors (Lipinski definition) is 1. The summed E-state index contributed by atoms with van der Waals surface area (Å²) in [6.45, 7) is 5.26. The Morgan fingerprint density at radius 1 is 1.37 bits per heavy atom. The first-order chi connectivity index (χ1) is 9.24. The third-order valence-corrected chi connectivity index (χ3v) is 3.94. The fourth-order valence-electron chi connectivity index (χ4n) is 2.81. The lowest BCUT2D eigenvalue weighted by atomic mass is 10.2. The van der Waals surface area contributed by atoms with Crippen molar-refractivity contribution in [1.82, 2.24) is 14.5 Å². The van der Waals surface area contributed by atoms with Crippen LogP contribution in [0.3, 0.4) is 0 Å². The van der Waals surface area contributed by atoms with Crippen LogP contribution in [0.4, 0.5) is 0 Å². The van der Waals surface area contributed by atoms with Gasteiger partial charge in [-0.25, -0.2) is 4.98 Å². The Hall–Kier alpha value is -0.950. The van der Waals surface area contributed by atoms with E-state index in [4.69, 9.17) is 15.2 Å². The van der Waals surface area contributed by atoms with Crippen LogP contribution in [-0.4, -0.2) is 60.5 Å². The molecule has 1 aliphatic rings. The first-order valence-electron chi connectivity index (χ1n) is 6.74. The molecule has 0 radical (unpaired) electrons. The maximum absolute atomic E-state index is 5.98. The summed E-state index contributed by atoms with van der Waals surface area (Å²) in [6, 6.07) is 0.167. The quantitative estimate of drug-likeness (QED) is 0.801. The molecule has 1 aromatic heterocycles. The Kier molecular flexibility index (Phi) is 4.93. The fraction of sp³-hybridized carbons (Fsp3) is 0.769. The number of imidazole rings is 1. The molecule has 1 fully saturated rings. The molecule has 3 atom stereocenters.